The van der Waals surface area contributed by atoms with Gasteiger partial charge in [-0.15, -0.1) is 11.3 Å². The molecule has 2 nitrogen and oxygen atoms in total. The van der Waals surface area contributed by atoms with E-state index in [2.05, 4.69) is 22.5 Å². The van der Waals surface area contributed by atoms with Crippen LogP contribution in [0, 0.1) is 0 Å². The van der Waals surface area contributed by atoms with Crippen LogP contribution in [0.15, 0.2) is 28.6 Å². The van der Waals surface area contributed by atoms with E-state index < -0.39 is 0 Å². The van der Waals surface area contributed by atoms with Crippen LogP contribution in [-0.2, 0) is 4.74 Å². The van der Waals surface area contributed by atoms with Gasteiger partial charge in [0.2, 0.25) is 0 Å². The predicted molar refractivity (Wildman–Crippen MR) is 65.5 cm³/mol. The van der Waals surface area contributed by atoms with Gasteiger partial charge in [-0.25, -0.2) is 0 Å². The zero-order valence-corrected chi connectivity index (χ0v) is 9.72. The van der Waals surface area contributed by atoms with Crippen LogP contribution < -0.4 is 0 Å². The van der Waals surface area contributed by atoms with Crippen LogP contribution in [0.5, 0.6) is 0 Å². The van der Waals surface area contributed by atoms with E-state index in [-0.39, 0.29) is 0 Å². The summed E-state index contributed by atoms with van der Waals surface area (Å²) < 4.78 is 5.64. The van der Waals surface area contributed by atoms with Crippen molar-refractivity contribution in [2.45, 2.75) is 19.8 Å². The lowest BCUT2D eigenvalue weighted by Crippen LogP contribution is -1.94. The summed E-state index contributed by atoms with van der Waals surface area (Å²) in [6.45, 7) is 3.69. The van der Waals surface area contributed by atoms with Crippen molar-refractivity contribution in [3.63, 3.8) is 0 Å². The summed E-state index contributed by atoms with van der Waals surface area (Å²) >= 11 is 1.71. The highest BCUT2D eigenvalue weighted by molar-refractivity contribution is 7.11. The summed E-state index contributed by atoms with van der Waals surface area (Å²) in [5, 5.41) is 2.07. The van der Waals surface area contributed by atoms with E-state index >= 15 is 0 Å². The van der Waals surface area contributed by atoms with Crippen molar-refractivity contribution in [2.24, 2.45) is 4.99 Å². The molecule has 0 aliphatic carbocycles. The van der Waals surface area contributed by atoms with Gasteiger partial charge < -0.3 is 4.74 Å². The summed E-state index contributed by atoms with van der Waals surface area (Å²) in [5.74, 6) is 0.966. The zero-order valence-electron chi connectivity index (χ0n) is 8.90. The highest BCUT2D eigenvalue weighted by Crippen LogP contribution is 2.22. The van der Waals surface area contributed by atoms with Crippen molar-refractivity contribution >= 4 is 22.8 Å². The molecule has 1 aromatic rings. The molecule has 2 heterocycles. The monoisotopic (exact) mass is 221 g/mol. The molecule has 0 unspecified atom stereocenters. The summed E-state index contributed by atoms with van der Waals surface area (Å²) in [6, 6.07) is 4.13. The van der Waals surface area contributed by atoms with Crippen LogP contribution in [0.1, 0.15) is 24.6 Å². The molecule has 0 bridgehead atoms. The molecule has 1 aliphatic heterocycles. The molecule has 3 heteroatoms. The van der Waals surface area contributed by atoms with Crippen LogP contribution in [0.4, 0.5) is 0 Å². The molecule has 15 heavy (non-hydrogen) atoms. The molecule has 1 aromatic heterocycles. The largest absolute Gasteiger partial charge is 0.492 e. The summed E-state index contributed by atoms with van der Waals surface area (Å²) in [5.41, 5.74) is 1.17. The Bertz CT molecular complexity index is 365. The Morgan fingerprint density at radius 2 is 2.60 bits per heavy atom. The number of hydrogen-bond donors (Lipinski definition) is 0. The highest BCUT2D eigenvalue weighted by atomic mass is 32.1. The highest BCUT2D eigenvalue weighted by Gasteiger charge is 2.08. The lowest BCUT2D eigenvalue weighted by atomic mass is 10.2. The third-order valence-electron chi connectivity index (χ3n) is 2.27. The van der Waals surface area contributed by atoms with Crippen molar-refractivity contribution in [1.29, 1.82) is 0 Å². The van der Waals surface area contributed by atoms with E-state index in [1.807, 2.05) is 13.0 Å². The molecule has 2 rings (SSSR count). The van der Waals surface area contributed by atoms with Crippen molar-refractivity contribution in [3.8, 4) is 0 Å². The average Bonchev–Trinajstić information content (AvgIpc) is 2.89. The Morgan fingerprint density at radius 3 is 3.20 bits per heavy atom. The summed E-state index contributed by atoms with van der Waals surface area (Å²) in [6.07, 6.45) is 4.35. The lowest BCUT2D eigenvalue weighted by Gasteiger charge is -2.06. The van der Waals surface area contributed by atoms with E-state index in [0.717, 1.165) is 18.7 Å². The van der Waals surface area contributed by atoms with Crippen LogP contribution in [0.3, 0.4) is 0 Å². The van der Waals surface area contributed by atoms with E-state index in [1.165, 1.54) is 17.0 Å². The first kappa shape index (κ1) is 10.4. The minimum atomic E-state index is 0.705. The standard InChI is InChI=1S/C12H15NOS/c1-2-14-11(12-6-4-8-15-12)9-10-5-3-7-13-10/h4,6,8-9H,2-3,5,7H2,1H3. The third kappa shape index (κ3) is 2.69. The number of allylic oxidation sites excluding steroid dienone is 1. The fourth-order valence-corrected chi connectivity index (χ4v) is 2.28. The smallest absolute Gasteiger partial charge is 0.138 e. The minimum absolute atomic E-state index is 0.705. The van der Waals surface area contributed by atoms with E-state index in [1.54, 1.807) is 11.3 Å². The molecule has 80 valence electrons. The van der Waals surface area contributed by atoms with Gasteiger partial charge in [0.1, 0.15) is 5.76 Å². The predicted octanol–water partition coefficient (Wildman–Crippen LogP) is 3.36. The van der Waals surface area contributed by atoms with Crippen LogP contribution in [0.2, 0.25) is 0 Å². The van der Waals surface area contributed by atoms with Gasteiger partial charge >= 0.3 is 0 Å². The number of hydrogen-bond acceptors (Lipinski definition) is 3. The van der Waals surface area contributed by atoms with Gasteiger partial charge in [0, 0.05) is 18.3 Å². The molecular formula is C12H15NOS. The second-order valence-corrected chi connectivity index (χ2v) is 4.34. The molecule has 0 fully saturated rings. The molecule has 0 amide bonds. The molecule has 0 N–H and O–H groups in total. The quantitative estimate of drug-likeness (QED) is 0.714. The molecule has 1 aliphatic rings. The number of thiophene rings is 1. The maximum absolute atomic E-state index is 5.64. The van der Waals surface area contributed by atoms with Crippen molar-refractivity contribution < 1.29 is 4.74 Å². The van der Waals surface area contributed by atoms with Crippen LogP contribution >= 0.6 is 11.3 Å². The first-order valence-electron chi connectivity index (χ1n) is 5.32. The Labute approximate surface area is 94.3 Å². The Kier molecular flexibility index (Phi) is 3.56. The first-order valence-corrected chi connectivity index (χ1v) is 6.20. The molecule has 0 aromatic carbocycles. The molecule has 0 saturated heterocycles. The van der Waals surface area contributed by atoms with E-state index in [4.69, 9.17) is 4.74 Å². The van der Waals surface area contributed by atoms with Gasteiger partial charge in [-0.3, -0.25) is 4.99 Å². The zero-order chi connectivity index (χ0) is 10.5. The fraction of sp³-hybridized carbons (Fsp3) is 0.417. The SMILES string of the molecule is CCOC(=CC1=NCCC1)c1cccs1. The van der Waals surface area contributed by atoms with Gasteiger partial charge in [-0.1, -0.05) is 6.07 Å². The maximum Gasteiger partial charge on any atom is 0.138 e. The Balaban J connectivity index is 2.19. The van der Waals surface area contributed by atoms with E-state index in [0.29, 0.717) is 6.61 Å². The second kappa shape index (κ2) is 5.12. The van der Waals surface area contributed by atoms with Gasteiger partial charge in [-0.2, -0.15) is 0 Å². The molecule has 0 radical (unpaired) electrons. The van der Waals surface area contributed by atoms with Crippen LogP contribution in [-0.4, -0.2) is 18.9 Å². The number of ether oxygens (including phenoxy) is 1. The molecular weight excluding hydrogens is 206 g/mol. The normalized spacial score (nSPS) is 16.6. The molecule has 0 atom stereocenters. The van der Waals surface area contributed by atoms with Gasteiger partial charge in [-0.05, 0) is 31.2 Å². The van der Waals surface area contributed by atoms with Gasteiger partial charge in [0.05, 0.1) is 11.5 Å². The third-order valence-corrected chi connectivity index (χ3v) is 3.15. The average molecular weight is 221 g/mol. The first-order chi connectivity index (χ1) is 7.40. The number of aliphatic imine (C=N–C) groups is 1. The Morgan fingerprint density at radius 1 is 1.67 bits per heavy atom. The van der Waals surface area contributed by atoms with Crippen LogP contribution in [0.25, 0.3) is 5.76 Å². The van der Waals surface area contributed by atoms with Gasteiger partial charge in [0.15, 0.2) is 0 Å². The number of rotatable bonds is 4. The van der Waals surface area contributed by atoms with Crippen molar-refractivity contribution in [2.75, 3.05) is 13.2 Å². The van der Waals surface area contributed by atoms with Gasteiger partial charge in [0.25, 0.3) is 0 Å². The minimum Gasteiger partial charge on any atom is -0.492 e. The number of nitrogens with zero attached hydrogens (tertiary/aromatic N) is 1. The lowest BCUT2D eigenvalue weighted by molar-refractivity contribution is 0.299. The van der Waals surface area contributed by atoms with Crippen molar-refractivity contribution in [1.82, 2.24) is 0 Å². The fourth-order valence-electron chi connectivity index (χ4n) is 1.59. The topological polar surface area (TPSA) is 21.6 Å². The Hall–Kier alpha value is -1.09. The summed E-state index contributed by atoms with van der Waals surface area (Å²) in [4.78, 5) is 5.62. The van der Waals surface area contributed by atoms with Crippen molar-refractivity contribution in [3.05, 3.63) is 28.5 Å². The summed E-state index contributed by atoms with van der Waals surface area (Å²) in [7, 11) is 0. The van der Waals surface area contributed by atoms with E-state index in [9.17, 15) is 0 Å². The molecule has 0 spiro atoms. The second-order valence-electron chi connectivity index (χ2n) is 3.40. The molecule has 0 saturated carbocycles. The maximum atomic E-state index is 5.64.